The number of carboxylic acids is 1. The molecule has 0 unspecified atom stereocenters. The maximum atomic E-state index is 13.6. The Morgan fingerprint density at radius 3 is 2.50 bits per heavy atom. The summed E-state index contributed by atoms with van der Waals surface area (Å²) in [5.41, 5.74) is 0.610. The third-order valence-corrected chi connectivity index (χ3v) is 3.58. The number of aromatic nitrogens is 3. The quantitative estimate of drug-likeness (QED) is 0.894. The molecule has 0 atom stereocenters. The molecule has 7 heteroatoms. The largest absolute Gasteiger partial charge is 0.481 e. The van der Waals surface area contributed by atoms with Crippen molar-refractivity contribution in [3.8, 4) is 0 Å². The predicted molar refractivity (Wildman–Crippen MR) is 69.9 cm³/mol. The van der Waals surface area contributed by atoms with Crippen LogP contribution in [0.4, 0.5) is 10.2 Å². The molecule has 1 aliphatic rings. The summed E-state index contributed by atoms with van der Waals surface area (Å²) in [6, 6.07) is 0. The molecule has 0 saturated carbocycles. The molecule has 3 rings (SSSR count). The maximum absolute atomic E-state index is 13.6. The van der Waals surface area contributed by atoms with Crippen LogP contribution in [-0.4, -0.2) is 39.1 Å². The van der Waals surface area contributed by atoms with E-state index < -0.39 is 11.8 Å². The molecule has 104 valence electrons. The van der Waals surface area contributed by atoms with Crippen molar-refractivity contribution in [2.24, 2.45) is 5.92 Å². The molecule has 2 aromatic heterocycles. The van der Waals surface area contributed by atoms with E-state index in [-0.39, 0.29) is 11.4 Å². The molecule has 0 spiro atoms. The second-order valence-electron chi connectivity index (χ2n) is 4.78. The van der Waals surface area contributed by atoms with Crippen LogP contribution in [0.2, 0.25) is 0 Å². The second-order valence-corrected chi connectivity index (χ2v) is 4.78. The van der Waals surface area contributed by atoms with Gasteiger partial charge in [0.25, 0.3) is 0 Å². The highest BCUT2D eigenvalue weighted by molar-refractivity contribution is 5.85. The highest BCUT2D eigenvalue weighted by Gasteiger charge is 2.26. The van der Waals surface area contributed by atoms with Crippen LogP contribution in [-0.2, 0) is 4.79 Å². The van der Waals surface area contributed by atoms with Gasteiger partial charge in [-0.1, -0.05) is 0 Å². The normalized spacial score (nSPS) is 16.6. The number of hydrogen-bond donors (Lipinski definition) is 1. The topological polar surface area (TPSA) is 79.2 Å². The number of fused-ring (bicyclic) bond motifs is 1. The lowest BCUT2D eigenvalue weighted by atomic mass is 9.97. The van der Waals surface area contributed by atoms with Crippen LogP contribution in [0.15, 0.2) is 18.6 Å². The van der Waals surface area contributed by atoms with Crippen LogP contribution in [0.25, 0.3) is 11.0 Å². The molecule has 0 bridgehead atoms. The number of halogens is 1. The van der Waals surface area contributed by atoms with Crippen LogP contribution in [0.3, 0.4) is 0 Å². The Morgan fingerprint density at radius 2 is 1.85 bits per heavy atom. The summed E-state index contributed by atoms with van der Waals surface area (Å²) in [4.78, 5) is 25.1. The molecule has 0 amide bonds. The minimum atomic E-state index is -0.763. The van der Waals surface area contributed by atoms with Crippen molar-refractivity contribution < 1.29 is 14.3 Å². The van der Waals surface area contributed by atoms with E-state index in [1.807, 2.05) is 4.90 Å². The van der Waals surface area contributed by atoms with E-state index in [0.29, 0.717) is 37.3 Å². The number of hydrogen-bond acceptors (Lipinski definition) is 5. The number of rotatable bonds is 2. The van der Waals surface area contributed by atoms with Gasteiger partial charge >= 0.3 is 5.97 Å². The number of carbonyl (C=O) groups is 1. The van der Waals surface area contributed by atoms with Gasteiger partial charge in [-0.2, -0.15) is 0 Å². The van der Waals surface area contributed by atoms with Crippen molar-refractivity contribution in [3.63, 3.8) is 0 Å². The molecule has 0 aromatic carbocycles. The molecule has 1 fully saturated rings. The monoisotopic (exact) mass is 276 g/mol. The number of anilines is 1. The fourth-order valence-electron chi connectivity index (χ4n) is 2.49. The summed E-state index contributed by atoms with van der Waals surface area (Å²) in [5, 5.41) is 9.00. The smallest absolute Gasteiger partial charge is 0.306 e. The number of carboxylic acid groups (broad SMARTS) is 1. The van der Waals surface area contributed by atoms with Gasteiger partial charge < -0.3 is 10.0 Å². The molecule has 20 heavy (non-hydrogen) atoms. The molecule has 3 heterocycles. The van der Waals surface area contributed by atoms with E-state index >= 15 is 0 Å². The highest BCUT2D eigenvalue weighted by Crippen LogP contribution is 2.27. The van der Waals surface area contributed by atoms with Gasteiger partial charge in [-0.25, -0.2) is 19.3 Å². The summed E-state index contributed by atoms with van der Waals surface area (Å²) in [6.45, 7) is 1.14. The molecule has 6 nitrogen and oxygen atoms in total. The summed E-state index contributed by atoms with van der Waals surface area (Å²) in [6.07, 6.45) is 5.17. The van der Waals surface area contributed by atoms with E-state index in [4.69, 9.17) is 5.11 Å². The molecule has 0 radical (unpaired) electrons. The Kier molecular flexibility index (Phi) is 3.17. The predicted octanol–water partition coefficient (Wildman–Crippen LogP) is 1.46. The minimum absolute atomic E-state index is 0.192. The van der Waals surface area contributed by atoms with Gasteiger partial charge in [-0.3, -0.25) is 4.79 Å². The lowest BCUT2D eigenvalue weighted by molar-refractivity contribution is -0.142. The van der Waals surface area contributed by atoms with Crippen molar-refractivity contribution >= 4 is 22.8 Å². The van der Waals surface area contributed by atoms with Crippen molar-refractivity contribution in [2.45, 2.75) is 12.8 Å². The Balaban J connectivity index is 1.92. The first-order valence-electron chi connectivity index (χ1n) is 6.40. The first kappa shape index (κ1) is 12.7. The second kappa shape index (κ2) is 4.99. The number of piperidine rings is 1. The zero-order valence-electron chi connectivity index (χ0n) is 10.7. The molecule has 1 N–H and O–H groups in total. The zero-order chi connectivity index (χ0) is 14.1. The molecular formula is C13H13FN4O2. The number of pyridine rings is 1. The van der Waals surface area contributed by atoms with Gasteiger partial charge in [-0.15, -0.1) is 0 Å². The third-order valence-electron chi connectivity index (χ3n) is 3.58. The Bertz CT molecular complexity index is 656. The fourth-order valence-corrected chi connectivity index (χ4v) is 2.49. The Labute approximate surface area is 114 Å². The van der Waals surface area contributed by atoms with Crippen molar-refractivity contribution in [1.29, 1.82) is 0 Å². The van der Waals surface area contributed by atoms with Gasteiger partial charge in [0.05, 0.1) is 12.1 Å². The van der Waals surface area contributed by atoms with E-state index in [1.165, 1.54) is 12.4 Å². The van der Waals surface area contributed by atoms with Crippen LogP contribution >= 0.6 is 0 Å². The van der Waals surface area contributed by atoms with E-state index in [1.54, 1.807) is 0 Å². The highest BCUT2D eigenvalue weighted by atomic mass is 19.1. The molecule has 0 aliphatic carbocycles. The van der Waals surface area contributed by atoms with Crippen LogP contribution < -0.4 is 4.90 Å². The van der Waals surface area contributed by atoms with Crippen LogP contribution in [0, 0.1) is 11.7 Å². The Hall–Kier alpha value is -2.31. The van der Waals surface area contributed by atoms with Crippen LogP contribution in [0.5, 0.6) is 0 Å². The minimum Gasteiger partial charge on any atom is -0.481 e. The first-order chi connectivity index (χ1) is 9.66. The van der Waals surface area contributed by atoms with Gasteiger partial charge in [-0.05, 0) is 12.8 Å². The fraction of sp³-hybridized carbons (Fsp3) is 0.385. The summed E-state index contributed by atoms with van der Waals surface area (Å²) < 4.78 is 13.6. The van der Waals surface area contributed by atoms with Gasteiger partial charge in [0.15, 0.2) is 11.6 Å². The van der Waals surface area contributed by atoms with Gasteiger partial charge in [0.2, 0.25) is 0 Å². The van der Waals surface area contributed by atoms with E-state index in [2.05, 4.69) is 15.0 Å². The average Bonchev–Trinajstić information content (AvgIpc) is 2.48. The summed E-state index contributed by atoms with van der Waals surface area (Å²) in [5.74, 6) is -1.01. The summed E-state index contributed by atoms with van der Waals surface area (Å²) in [7, 11) is 0. The molecule has 1 aliphatic heterocycles. The Morgan fingerprint density at radius 1 is 1.20 bits per heavy atom. The summed E-state index contributed by atoms with van der Waals surface area (Å²) >= 11 is 0. The number of aliphatic carboxylic acids is 1. The van der Waals surface area contributed by atoms with Crippen molar-refractivity contribution in [3.05, 3.63) is 24.4 Å². The first-order valence-corrected chi connectivity index (χ1v) is 6.40. The van der Waals surface area contributed by atoms with Crippen molar-refractivity contribution in [2.75, 3.05) is 18.0 Å². The van der Waals surface area contributed by atoms with E-state index in [9.17, 15) is 9.18 Å². The molecule has 2 aromatic rings. The average molecular weight is 276 g/mol. The maximum Gasteiger partial charge on any atom is 0.306 e. The lowest BCUT2D eigenvalue weighted by Gasteiger charge is -2.31. The van der Waals surface area contributed by atoms with Gasteiger partial charge in [0.1, 0.15) is 11.0 Å². The number of nitrogens with zero attached hydrogens (tertiary/aromatic N) is 4. The molecule has 1 saturated heterocycles. The van der Waals surface area contributed by atoms with Gasteiger partial charge in [0, 0.05) is 25.5 Å². The lowest BCUT2D eigenvalue weighted by Crippen LogP contribution is -2.37. The van der Waals surface area contributed by atoms with Crippen molar-refractivity contribution in [1.82, 2.24) is 15.0 Å². The zero-order valence-corrected chi connectivity index (χ0v) is 10.7. The third kappa shape index (κ3) is 2.15. The molecular weight excluding hydrogens is 263 g/mol. The standard InChI is InChI=1S/C13H13FN4O2/c14-9-7-17-12(11-10(9)15-3-4-16-11)18-5-1-8(2-6-18)13(19)20/h3-4,7-8H,1-2,5-6H2,(H,19,20). The van der Waals surface area contributed by atoms with Crippen LogP contribution in [0.1, 0.15) is 12.8 Å². The SMILES string of the molecule is O=C(O)C1CCN(c2ncc(F)c3nccnc23)CC1. The van der Waals surface area contributed by atoms with E-state index in [0.717, 1.165) is 6.20 Å².